The van der Waals surface area contributed by atoms with E-state index < -0.39 is 0 Å². The van der Waals surface area contributed by atoms with Gasteiger partial charge in [0.1, 0.15) is 12.3 Å². The molecule has 0 saturated heterocycles. The summed E-state index contributed by atoms with van der Waals surface area (Å²) in [7, 11) is 1.53. The van der Waals surface area contributed by atoms with E-state index in [0.29, 0.717) is 18.1 Å². The van der Waals surface area contributed by atoms with E-state index in [1.807, 2.05) is 20.8 Å². The Morgan fingerprint density at radius 1 is 1.56 bits per heavy atom. The van der Waals surface area contributed by atoms with Gasteiger partial charge in [0.05, 0.1) is 13.3 Å². The van der Waals surface area contributed by atoms with Gasteiger partial charge >= 0.3 is 0 Å². The van der Waals surface area contributed by atoms with Crippen molar-refractivity contribution in [3.05, 3.63) is 11.9 Å². The summed E-state index contributed by atoms with van der Waals surface area (Å²) in [6.45, 7) is 6.35. The summed E-state index contributed by atoms with van der Waals surface area (Å²) in [5, 5.41) is 4.13. The van der Waals surface area contributed by atoms with Crippen LogP contribution in [0.15, 0.2) is 6.20 Å². The second-order valence-electron chi connectivity index (χ2n) is 3.66. The van der Waals surface area contributed by atoms with E-state index >= 15 is 0 Å². The molecule has 0 aliphatic rings. The Morgan fingerprint density at radius 2 is 2.25 bits per heavy atom. The predicted octanol–water partition coefficient (Wildman–Crippen LogP) is 1.69. The van der Waals surface area contributed by atoms with Crippen LogP contribution in [-0.4, -0.2) is 35.9 Å². The number of rotatable bonds is 6. The third kappa shape index (κ3) is 2.61. The van der Waals surface area contributed by atoms with Crippen LogP contribution in [-0.2, 0) is 4.74 Å². The van der Waals surface area contributed by atoms with E-state index in [4.69, 9.17) is 9.47 Å². The van der Waals surface area contributed by atoms with Crippen LogP contribution in [0.2, 0.25) is 0 Å². The van der Waals surface area contributed by atoms with Crippen LogP contribution >= 0.6 is 0 Å². The number of carbonyl (C=O) groups is 1. The smallest absolute Gasteiger partial charge is 0.210 e. The van der Waals surface area contributed by atoms with Crippen molar-refractivity contribution in [2.45, 2.75) is 26.8 Å². The molecule has 0 fully saturated rings. The molecule has 0 saturated carbocycles. The highest BCUT2D eigenvalue weighted by molar-refractivity contribution is 5.98. The molecule has 0 bridgehead atoms. The number of hydrogen-bond acceptors (Lipinski definition) is 4. The van der Waals surface area contributed by atoms with Crippen molar-refractivity contribution in [1.82, 2.24) is 9.78 Å². The Bertz CT molecular complexity index is 358. The van der Waals surface area contributed by atoms with E-state index in [1.54, 1.807) is 10.9 Å². The first kappa shape index (κ1) is 12.7. The van der Waals surface area contributed by atoms with Crippen LogP contribution in [0.4, 0.5) is 0 Å². The van der Waals surface area contributed by atoms with Crippen LogP contribution in [0.25, 0.3) is 0 Å². The molecule has 5 nitrogen and oxygen atoms in total. The molecule has 1 heterocycles. The number of ketones is 1. The van der Waals surface area contributed by atoms with Crippen molar-refractivity contribution in [2.24, 2.45) is 0 Å². The lowest BCUT2D eigenvalue weighted by Gasteiger charge is -2.11. The van der Waals surface area contributed by atoms with Crippen LogP contribution in [0.3, 0.4) is 0 Å². The summed E-state index contributed by atoms with van der Waals surface area (Å²) in [6, 6.07) is 0.115. The van der Waals surface area contributed by atoms with Crippen molar-refractivity contribution < 1.29 is 14.3 Å². The summed E-state index contributed by atoms with van der Waals surface area (Å²) in [6.07, 6.45) is 1.55. The Hall–Kier alpha value is -1.36. The summed E-state index contributed by atoms with van der Waals surface area (Å²) in [5.41, 5.74) is 0.478. The van der Waals surface area contributed by atoms with E-state index in [2.05, 4.69) is 5.10 Å². The second kappa shape index (κ2) is 5.65. The topological polar surface area (TPSA) is 53.4 Å². The molecule has 1 aromatic heterocycles. The molecule has 0 N–H and O–H groups in total. The molecule has 0 amide bonds. The summed E-state index contributed by atoms with van der Waals surface area (Å²) in [4.78, 5) is 11.9. The minimum absolute atomic E-state index is 0.0608. The molecule has 5 heteroatoms. The number of methoxy groups -OCH3 is 1. The van der Waals surface area contributed by atoms with Gasteiger partial charge in [0.25, 0.3) is 0 Å². The Labute approximate surface area is 95.3 Å². The van der Waals surface area contributed by atoms with E-state index in [0.717, 1.165) is 0 Å². The number of Topliss-reactive ketones (excluding diaryl/α,β-unsaturated/α-hetero) is 1. The molecule has 0 atom stereocenters. The summed E-state index contributed by atoms with van der Waals surface area (Å²) < 4.78 is 11.9. The van der Waals surface area contributed by atoms with Crippen molar-refractivity contribution in [2.75, 3.05) is 20.3 Å². The Kier molecular flexibility index (Phi) is 4.49. The normalized spacial score (nSPS) is 10.8. The van der Waals surface area contributed by atoms with Gasteiger partial charge in [-0.05, 0) is 20.8 Å². The number of nitrogens with zero attached hydrogens (tertiary/aromatic N) is 2. The number of aromatic nitrogens is 2. The van der Waals surface area contributed by atoms with Gasteiger partial charge in [-0.25, -0.2) is 0 Å². The zero-order chi connectivity index (χ0) is 12.1. The standard InChI is InChI=1S/C11H18N2O3/c1-5-16-7-9(14)11-10(15-4)6-12-13(11)8(2)3/h6,8H,5,7H2,1-4H3. The Balaban J connectivity index is 2.98. The first-order valence-electron chi connectivity index (χ1n) is 5.34. The molecule has 1 rings (SSSR count). The van der Waals surface area contributed by atoms with Gasteiger partial charge < -0.3 is 9.47 Å². The van der Waals surface area contributed by atoms with Crippen LogP contribution < -0.4 is 4.74 Å². The molecule has 90 valence electrons. The molecule has 0 radical (unpaired) electrons. The number of ether oxygens (including phenoxy) is 2. The fraction of sp³-hybridized carbons (Fsp3) is 0.636. The third-order valence-corrected chi connectivity index (χ3v) is 2.17. The van der Waals surface area contributed by atoms with Crippen molar-refractivity contribution >= 4 is 5.78 Å². The van der Waals surface area contributed by atoms with Crippen molar-refractivity contribution in [1.29, 1.82) is 0 Å². The zero-order valence-electron chi connectivity index (χ0n) is 10.2. The summed E-state index contributed by atoms with van der Waals surface area (Å²) in [5.74, 6) is 0.392. The first-order chi connectivity index (χ1) is 7.61. The lowest BCUT2D eigenvalue weighted by atomic mass is 10.2. The highest BCUT2D eigenvalue weighted by atomic mass is 16.5. The number of hydrogen-bond donors (Lipinski definition) is 0. The maximum atomic E-state index is 11.9. The lowest BCUT2D eigenvalue weighted by Crippen LogP contribution is -2.17. The second-order valence-corrected chi connectivity index (χ2v) is 3.66. The lowest BCUT2D eigenvalue weighted by molar-refractivity contribution is 0.0767. The van der Waals surface area contributed by atoms with Gasteiger partial charge in [-0.15, -0.1) is 0 Å². The highest BCUT2D eigenvalue weighted by Crippen LogP contribution is 2.21. The average molecular weight is 226 g/mol. The first-order valence-corrected chi connectivity index (χ1v) is 5.34. The van der Waals surface area contributed by atoms with E-state index in [1.165, 1.54) is 7.11 Å². The number of carbonyl (C=O) groups excluding carboxylic acids is 1. The molecule has 0 aliphatic carbocycles. The highest BCUT2D eigenvalue weighted by Gasteiger charge is 2.20. The monoisotopic (exact) mass is 226 g/mol. The quantitative estimate of drug-likeness (QED) is 0.693. The molecular weight excluding hydrogens is 208 g/mol. The molecule has 0 aromatic carbocycles. The Morgan fingerprint density at radius 3 is 2.75 bits per heavy atom. The van der Waals surface area contributed by atoms with Crippen molar-refractivity contribution in [3.8, 4) is 5.75 Å². The third-order valence-electron chi connectivity index (χ3n) is 2.17. The van der Waals surface area contributed by atoms with Crippen LogP contribution in [0.1, 0.15) is 37.3 Å². The van der Waals surface area contributed by atoms with Crippen molar-refractivity contribution in [3.63, 3.8) is 0 Å². The molecule has 16 heavy (non-hydrogen) atoms. The van der Waals surface area contributed by atoms with Gasteiger partial charge in [-0.1, -0.05) is 0 Å². The molecule has 0 aliphatic heterocycles. The minimum atomic E-state index is -0.107. The fourth-order valence-electron chi connectivity index (χ4n) is 1.42. The van der Waals surface area contributed by atoms with Crippen LogP contribution in [0.5, 0.6) is 5.75 Å². The van der Waals surface area contributed by atoms with Gasteiger partial charge in [-0.3, -0.25) is 9.48 Å². The summed E-state index contributed by atoms with van der Waals surface area (Å²) >= 11 is 0. The predicted molar refractivity (Wildman–Crippen MR) is 60.0 cm³/mol. The molecule has 1 aromatic rings. The van der Waals surface area contributed by atoms with E-state index in [-0.39, 0.29) is 18.4 Å². The average Bonchev–Trinajstić information content (AvgIpc) is 2.69. The van der Waals surface area contributed by atoms with Gasteiger partial charge in [-0.2, -0.15) is 5.10 Å². The maximum Gasteiger partial charge on any atom is 0.210 e. The largest absolute Gasteiger partial charge is 0.493 e. The van der Waals surface area contributed by atoms with Crippen LogP contribution in [0, 0.1) is 0 Å². The zero-order valence-corrected chi connectivity index (χ0v) is 10.2. The molecule has 0 spiro atoms. The van der Waals surface area contributed by atoms with Gasteiger partial charge in [0.2, 0.25) is 5.78 Å². The van der Waals surface area contributed by atoms with Gasteiger partial charge in [0, 0.05) is 12.6 Å². The van der Waals surface area contributed by atoms with E-state index in [9.17, 15) is 4.79 Å². The minimum Gasteiger partial charge on any atom is -0.493 e. The molecule has 0 unspecified atom stereocenters. The SMILES string of the molecule is CCOCC(=O)c1c(OC)cnn1C(C)C. The molecular formula is C11H18N2O3. The van der Waals surface area contributed by atoms with Gasteiger partial charge in [0.15, 0.2) is 5.75 Å². The maximum absolute atomic E-state index is 11.9. The fourth-order valence-corrected chi connectivity index (χ4v) is 1.42.